The maximum absolute atomic E-state index is 12.0. The third-order valence-electron chi connectivity index (χ3n) is 6.54. The third-order valence-corrected chi connectivity index (χ3v) is 6.54. The first-order valence-electron chi connectivity index (χ1n) is 11.1. The van der Waals surface area contributed by atoms with E-state index in [2.05, 4.69) is 31.2 Å². The normalized spacial score (nSPS) is 16.2. The van der Waals surface area contributed by atoms with Crippen LogP contribution in [0.3, 0.4) is 0 Å². The molecule has 0 bridgehead atoms. The average molecular weight is 497 g/mol. The van der Waals surface area contributed by atoms with Gasteiger partial charge in [-0.15, -0.1) is 0 Å². The molecule has 4 nitrogen and oxygen atoms in total. The van der Waals surface area contributed by atoms with Gasteiger partial charge in [-0.25, -0.2) is 0 Å². The minimum Gasteiger partial charge on any atom is -0.481 e. The van der Waals surface area contributed by atoms with Crippen molar-refractivity contribution in [1.82, 2.24) is 0 Å². The smallest absolute Gasteiger partial charge is 0.307 e. The Hall–Kier alpha value is -1.52. The maximum atomic E-state index is 12.0. The fourth-order valence-electron chi connectivity index (χ4n) is 4.64. The van der Waals surface area contributed by atoms with Gasteiger partial charge in [-0.2, -0.15) is 0 Å². The molecular weight excluding hydrogens is 465 g/mol. The minimum atomic E-state index is -1.02. The van der Waals surface area contributed by atoms with Crippen LogP contribution in [0.4, 0.5) is 0 Å². The molecule has 5 heteroatoms. The van der Waals surface area contributed by atoms with Gasteiger partial charge in [0, 0.05) is 32.7 Å². The molecule has 0 aromatic heterocycles. The summed E-state index contributed by atoms with van der Waals surface area (Å²) in [6.45, 7) is 2.13. The molecule has 1 radical (unpaired) electrons. The zero-order valence-electron chi connectivity index (χ0n) is 18.3. The first kappa shape index (κ1) is 25.7. The van der Waals surface area contributed by atoms with Gasteiger partial charge in [0.25, 0.3) is 0 Å². The van der Waals surface area contributed by atoms with Crippen molar-refractivity contribution in [3.63, 3.8) is 0 Å². The largest absolute Gasteiger partial charge is 0.481 e. The van der Waals surface area contributed by atoms with Crippen molar-refractivity contribution in [2.24, 2.45) is 17.8 Å². The van der Waals surface area contributed by atoms with E-state index in [0.717, 1.165) is 48.8 Å². The first-order valence-corrected chi connectivity index (χ1v) is 11.1. The number of carbonyl (C=O) groups is 2. The Morgan fingerprint density at radius 1 is 0.806 bits per heavy atom. The van der Waals surface area contributed by atoms with Crippen LogP contribution in [0.15, 0.2) is 48.5 Å². The second kappa shape index (κ2) is 12.5. The number of hydrogen-bond acceptors (Lipinski definition) is 2. The number of rotatable bonds is 9. The van der Waals surface area contributed by atoms with Crippen LogP contribution in [0, 0.1) is 17.8 Å². The summed E-state index contributed by atoms with van der Waals surface area (Å²) in [6, 6.07) is 16.3. The van der Waals surface area contributed by atoms with Crippen molar-refractivity contribution in [2.45, 2.75) is 58.3 Å². The molecule has 2 N–H and O–H groups in total. The molecule has 0 spiro atoms. The van der Waals surface area contributed by atoms with Gasteiger partial charge in [-0.1, -0.05) is 87.6 Å². The van der Waals surface area contributed by atoms with Crippen molar-refractivity contribution in [3.8, 4) is 11.1 Å². The predicted octanol–water partition coefficient (Wildman–Crippen LogP) is 5.83. The summed E-state index contributed by atoms with van der Waals surface area (Å²) < 4.78 is 0. The molecule has 2 aromatic carbocycles. The van der Waals surface area contributed by atoms with E-state index in [1.165, 1.54) is 12.0 Å². The summed E-state index contributed by atoms with van der Waals surface area (Å²) in [5.41, 5.74) is 4.35. The van der Waals surface area contributed by atoms with Crippen LogP contribution in [0.25, 0.3) is 11.1 Å². The van der Waals surface area contributed by atoms with Crippen LogP contribution in [0.1, 0.15) is 56.6 Å². The SMILES string of the molecule is CCc1ccc(-c2ccc(C[C@H](C(=O)O)[C@H](CC3CCCCC3)C(=O)O)cc2)cc1.[Y]. The molecule has 3 rings (SSSR count). The topological polar surface area (TPSA) is 74.6 Å². The molecular formula is C26H32O4Y. The van der Waals surface area contributed by atoms with E-state index >= 15 is 0 Å². The molecule has 0 heterocycles. The molecule has 2 aromatic rings. The summed E-state index contributed by atoms with van der Waals surface area (Å²) in [4.78, 5) is 23.9. The molecule has 163 valence electrons. The quantitative estimate of drug-likeness (QED) is 0.457. The molecule has 1 aliphatic rings. The Bertz CT molecular complexity index is 839. The Labute approximate surface area is 210 Å². The summed E-state index contributed by atoms with van der Waals surface area (Å²) in [7, 11) is 0. The Balaban J connectivity index is 0.00000341. The zero-order chi connectivity index (χ0) is 21.5. The van der Waals surface area contributed by atoms with Crippen LogP contribution in [0.2, 0.25) is 0 Å². The monoisotopic (exact) mass is 497 g/mol. The minimum absolute atomic E-state index is 0. The molecule has 31 heavy (non-hydrogen) atoms. The van der Waals surface area contributed by atoms with E-state index in [-0.39, 0.29) is 39.1 Å². The molecule has 1 saturated carbocycles. The molecule has 2 atom stereocenters. The van der Waals surface area contributed by atoms with Crippen LogP contribution in [0.5, 0.6) is 0 Å². The van der Waals surface area contributed by atoms with Crippen LogP contribution in [-0.4, -0.2) is 22.2 Å². The molecule has 0 unspecified atom stereocenters. The molecule has 0 amide bonds. The number of carboxylic acids is 2. The van der Waals surface area contributed by atoms with Gasteiger partial charge in [-0.3, -0.25) is 9.59 Å². The summed E-state index contributed by atoms with van der Waals surface area (Å²) >= 11 is 0. The van der Waals surface area contributed by atoms with Crippen molar-refractivity contribution in [2.75, 3.05) is 0 Å². The fourth-order valence-corrected chi connectivity index (χ4v) is 4.64. The Kier molecular flexibility index (Phi) is 10.4. The molecule has 1 aliphatic carbocycles. The summed E-state index contributed by atoms with van der Waals surface area (Å²) in [5, 5.41) is 19.6. The Morgan fingerprint density at radius 3 is 1.74 bits per heavy atom. The number of benzene rings is 2. The van der Waals surface area contributed by atoms with Gasteiger partial charge in [-0.05, 0) is 47.4 Å². The number of carboxylic acid groups (broad SMARTS) is 2. The van der Waals surface area contributed by atoms with Gasteiger partial charge in [0.15, 0.2) is 0 Å². The van der Waals surface area contributed by atoms with E-state index in [1.54, 1.807) is 0 Å². The number of aryl methyl sites for hydroxylation is 1. The van der Waals surface area contributed by atoms with Crippen molar-refractivity contribution < 1.29 is 52.5 Å². The van der Waals surface area contributed by atoms with E-state index < -0.39 is 23.8 Å². The predicted molar refractivity (Wildman–Crippen MR) is 118 cm³/mol. The zero-order valence-corrected chi connectivity index (χ0v) is 21.1. The van der Waals surface area contributed by atoms with Crippen LogP contribution >= 0.6 is 0 Å². The van der Waals surface area contributed by atoms with Crippen LogP contribution < -0.4 is 0 Å². The van der Waals surface area contributed by atoms with Gasteiger partial charge in [0.2, 0.25) is 0 Å². The fraction of sp³-hybridized carbons (Fsp3) is 0.462. The molecule has 1 fully saturated rings. The second-order valence-corrected chi connectivity index (χ2v) is 8.58. The summed E-state index contributed by atoms with van der Waals surface area (Å²) in [6.07, 6.45) is 7.18. The van der Waals surface area contributed by atoms with E-state index in [1.807, 2.05) is 24.3 Å². The van der Waals surface area contributed by atoms with Gasteiger partial charge in [0.05, 0.1) is 11.8 Å². The van der Waals surface area contributed by atoms with E-state index in [4.69, 9.17) is 0 Å². The Morgan fingerprint density at radius 2 is 1.29 bits per heavy atom. The van der Waals surface area contributed by atoms with Crippen LogP contribution in [-0.2, 0) is 55.1 Å². The third kappa shape index (κ3) is 7.25. The van der Waals surface area contributed by atoms with Gasteiger partial charge >= 0.3 is 11.9 Å². The number of hydrogen-bond donors (Lipinski definition) is 2. The second-order valence-electron chi connectivity index (χ2n) is 8.58. The molecule has 0 aliphatic heterocycles. The number of aliphatic carboxylic acids is 2. The van der Waals surface area contributed by atoms with Crippen molar-refractivity contribution in [3.05, 3.63) is 59.7 Å². The standard InChI is InChI=1S/C26H32O4.Y/c1-2-18-8-12-21(13-9-18)22-14-10-20(11-15-22)17-24(26(29)30)23(25(27)28)16-19-6-4-3-5-7-19;/h8-15,19,23-24H,2-7,16-17H2,1H3,(H,27,28)(H,29,30);/t23-,24-;/m0./s1. The van der Waals surface area contributed by atoms with E-state index in [0.29, 0.717) is 12.3 Å². The first-order chi connectivity index (χ1) is 14.5. The van der Waals surface area contributed by atoms with Gasteiger partial charge in [0.1, 0.15) is 0 Å². The van der Waals surface area contributed by atoms with Crippen molar-refractivity contribution >= 4 is 11.9 Å². The summed E-state index contributed by atoms with van der Waals surface area (Å²) in [5.74, 6) is -3.42. The van der Waals surface area contributed by atoms with Gasteiger partial charge < -0.3 is 10.2 Å². The average Bonchev–Trinajstić information content (AvgIpc) is 2.77. The van der Waals surface area contributed by atoms with E-state index in [9.17, 15) is 19.8 Å². The molecule has 0 saturated heterocycles. The maximum Gasteiger partial charge on any atom is 0.307 e. The van der Waals surface area contributed by atoms with Crippen molar-refractivity contribution in [1.29, 1.82) is 0 Å².